The minimum absolute atomic E-state index is 0.183. The third-order valence-corrected chi connectivity index (χ3v) is 5.94. The molecule has 4 rings (SSSR count). The highest BCUT2D eigenvalue weighted by molar-refractivity contribution is 6.22. The minimum Gasteiger partial charge on any atom is -0.496 e. The molecule has 0 aromatic heterocycles. The third-order valence-electron chi connectivity index (χ3n) is 5.94. The van der Waals surface area contributed by atoms with Gasteiger partial charge in [-0.05, 0) is 31.0 Å². The Morgan fingerprint density at radius 2 is 1.77 bits per heavy atom. The summed E-state index contributed by atoms with van der Waals surface area (Å²) in [6.45, 7) is 0.329. The third kappa shape index (κ3) is 3.49. The molecule has 2 fully saturated rings. The molecule has 8 heteroatoms. The molecule has 30 heavy (non-hydrogen) atoms. The number of ether oxygens (including phenoxy) is 1. The number of hydrogen-bond acceptors (Lipinski definition) is 6. The van der Waals surface area contributed by atoms with Gasteiger partial charge in [-0.1, -0.05) is 31.0 Å². The first-order valence-electron chi connectivity index (χ1n) is 10.0. The second kappa shape index (κ2) is 8.14. The van der Waals surface area contributed by atoms with E-state index in [4.69, 9.17) is 4.74 Å². The number of nitro benzene ring substituents is 1. The predicted octanol–water partition coefficient (Wildman–Crippen LogP) is 3.90. The second-order valence-electron chi connectivity index (χ2n) is 7.63. The molecule has 0 radical (unpaired) electrons. The largest absolute Gasteiger partial charge is 0.496 e. The Kier molecular flexibility index (Phi) is 5.39. The highest BCUT2D eigenvalue weighted by Gasteiger charge is 2.49. The van der Waals surface area contributed by atoms with Gasteiger partial charge < -0.3 is 10.1 Å². The van der Waals surface area contributed by atoms with E-state index in [1.165, 1.54) is 6.07 Å². The van der Waals surface area contributed by atoms with Crippen LogP contribution >= 0.6 is 0 Å². The summed E-state index contributed by atoms with van der Waals surface area (Å²) >= 11 is 0. The minimum atomic E-state index is -0.508. The van der Waals surface area contributed by atoms with Crippen molar-refractivity contribution >= 4 is 28.9 Å². The van der Waals surface area contributed by atoms with Gasteiger partial charge in [-0.3, -0.25) is 19.7 Å². The Morgan fingerprint density at radius 3 is 2.40 bits per heavy atom. The van der Waals surface area contributed by atoms with E-state index in [0.29, 0.717) is 30.8 Å². The SMILES string of the molecule is COc1ccccc1CNc1ccc(N2C(=O)[C@@H]3CCCC[C@H]3C2=O)cc1[N+](=O)[O-]. The van der Waals surface area contributed by atoms with Crippen LogP contribution in [0.15, 0.2) is 42.5 Å². The van der Waals surface area contributed by atoms with Crippen LogP contribution in [0.25, 0.3) is 0 Å². The number of amides is 2. The van der Waals surface area contributed by atoms with Gasteiger partial charge in [-0.15, -0.1) is 0 Å². The van der Waals surface area contributed by atoms with E-state index in [-0.39, 0.29) is 35.0 Å². The quantitative estimate of drug-likeness (QED) is 0.441. The average Bonchev–Trinajstić information content (AvgIpc) is 3.02. The van der Waals surface area contributed by atoms with Crippen LogP contribution in [0.4, 0.5) is 17.1 Å². The number of para-hydroxylation sites is 1. The number of anilines is 2. The Labute approximate surface area is 174 Å². The lowest BCUT2D eigenvalue weighted by Gasteiger charge is -2.19. The molecule has 1 aliphatic heterocycles. The van der Waals surface area contributed by atoms with Crippen molar-refractivity contribution in [2.75, 3.05) is 17.3 Å². The summed E-state index contributed by atoms with van der Waals surface area (Å²) in [6.07, 6.45) is 3.26. The van der Waals surface area contributed by atoms with E-state index in [0.717, 1.165) is 23.3 Å². The Hall–Kier alpha value is -3.42. The van der Waals surface area contributed by atoms with Crippen LogP contribution in [0.3, 0.4) is 0 Å². The van der Waals surface area contributed by atoms with Gasteiger partial charge in [0.15, 0.2) is 0 Å². The molecule has 0 bridgehead atoms. The highest BCUT2D eigenvalue weighted by Crippen LogP contribution is 2.41. The summed E-state index contributed by atoms with van der Waals surface area (Å²) in [5, 5.41) is 14.8. The maximum absolute atomic E-state index is 12.8. The molecule has 2 aliphatic rings. The monoisotopic (exact) mass is 409 g/mol. The van der Waals surface area contributed by atoms with Gasteiger partial charge in [-0.2, -0.15) is 0 Å². The number of carbonyl (C=O) groups is 2. The van der Waals surface area contributed by atoms with Gasteiger partial charge in [0.1, 0.15) is 11.4 Å². The van der Waals surface area contributed by atoms with E-state index < -0.39 is 4.92 Å². The second-order valence-corrected chi connectivity index (χ2v) is 7.63. The summed E-state index contributed by atoms with van der Waals surface area (Å²) in [6, 6.07) is 11.8. The zero-order valence-corrected chi connectivity index (χ0v) is 16.7. The van der Waals surface area contributed by atoms with Gasteiger partial charge in [0.05, 0.1) is 29.6 Å². The number of hydrogen-bond donors (Lipinski definition) is 1. The van der Waals surface area contributed by atoms with Crippen molar-refractivity contribution in [1.82, 2.24) is 0 Å². The summed E-state index contributed by atoms with van der Waals surface area (Å²) in [5.74, 6) is -0.398. The number of imide groups is 1. The maximum atomic E-state index is 12.8. The van der Waals surface area contributed by atoms with Crippen LogP contribution in [-0.2, 0) is 16.1 Å². The maximum Gasteiger partial charge on any atom is 0.294 e. The molecular formula is C22H23N3O5. The molecule has 0 unspecified atom stereocenters. The topological polar surface area (TPSA) is 102 Å². The summed E-state index contributed by atoms with van der Waals surface area (Å²) in [4.78, 5) is 37.9. The lowest BCUT2D eigenvalue weighted by Crippen LogP contribution is -2.30. The van der Waals surface area contributed by atoms with Crippen LogP contribution < -0.4 is 15.0 Å². The van der Waals surface area contributed by atoms with Crippen molar-refractivity contribution in [3.63, 3.8) is 0 Å². The standard InChI is InChI=1S/C22H23N3O5/c1-30-20-9-5-2-6-14(20)13-23-18-11-10-15(12-19(18)25(28)29)24-21(26)16-7-3-4-8-17(16)22(24)27/h2,5-6,9-12,16-17,23H,3-4,7-8,13H2,1H3/t16-,17-/m1/s1. The van der Waals surface area contributed by atoms with Gasteiger partial charge in [0.25, 0.3) is 5.69 Å². The van der Waals surface area contributed by atoms with E-state index in [1.807, 2.05) is 24.3 Å². The molecule has 0 spiro atoms. The molecule has 1 heterocycles. The first-order valence-corrected chi connectivity index (χ1v) is 10.0. The van der Waals surface area contributed by atoms with E-state index in [2.05, 4.69) is 5.32 Å². The molecule has 2 atom stereocenters. The fourth-order valence-corrected chi connectivity index (χ4v) is 4.42. The van der Waals surface area contributed by atoms with Crippen molar-refractivity contribution in [3.05, 3.63) is 58.1 Å². The van der Waals surface area contributed by atoms with Gasteiger partial charge in [-0.25, -0.2) is 4.90 Å². The van der Waals surface area contributed by atoms with Gasteiger partial charge in [0, 0.05) is 18.2 Å². The molecular weight excluding hydrogens is 386 g/mol. The van der Waals surface area contributed by atoms with Crippen LogP contribution in [0.5, 0.6) is 5.75 Å². The summed E-state index contributed by atoms with van der Waals surface area (Å²) in [7, 11) is 1.57. The number of nitro groups is 1. The van der Waals surface area contributed by atoms with Gasteiger partial charge >= 0.3 is 0 Å². The molecule has 1 N–H and O–H groups in total. The number of nitrogens with zero attached hydrogens (tertiary/aromatic N) is 2. The summed E-state index contributed by atoms with van der Waals surface area (Å²) < 4.78 is 5.31. The molecule has 8 nitrogen and oxygen atoms in total. The van der Waals surface area contributed by atoms with Crippen molar-refractivity contribution in [1.29, 1.82) is 0 Å². The predicted molar refractivity (Wildman–Crippen MR) is 111 cm³/mol. The van der Waals surface area contributed by atoms with Crippen molar-refractivity contribution in [2.45, 2.75) is 32.2 Å². The van der Waals surface area contributed by atoms with Gasteiger partial charge in [0.2, 0.25) is 11.8 Å². The Bertz CT molecular complexity index is 982. The average molecular weight is 409 g/mol. The first kappa shape index (κ1) is 19.9. The van der Waals surface area contributed by atoms with Crippen molar-refractivity contribution < 1.29 is 19.2 Å². The zero-order chi connectivity index (χ0) is 21.3. The highest BCUT2D eigenvalue weighted by atomic mass is 16.6. The number of benzene rings is 2. The van der Waals surface area contributed by atoms with Crippen molar-refractivity contribution in [3.8, 4) is 5.75 Å². The lowest BCUT2D eigenvalue weighted by molar-refractivity contribution is -0.383. The number of fused-ring (bicyclic) bond motifs is 1. The molecule has 156 valence electrons. The fraction of sp³-hybridized carbons (Fsp3) is 0.364. The molecule has 1 saturated carbocycles. The fourth-order valence-electron chi connectivity index (χ4n) is 4.42. The summed E-state index contributed by atoms with van der Waals surface area (Å²) in [5.41, 5.74) is 1.24. The zero-order valence-electron chi connectivity index (χ0n) is 16.7. The van der Waals surface area contributed by atoms with E-state index in [9.17, 15) is 19.7 Å². The Morgan fingerprint density at radius 1 is 1.10 bits per heavy atom. The normalized spacial score (nSPS) is 20.8. The number of methoxy groups -OCH3 is 1. The van der Waals surface area contributed by atoms with Crippen molar-refractivity contribution in [2.24, 2.45) is 11.8 Å². The first-order chi connectivity index (χ1) is 14.5. The Balaban J connectivity index is 1.60. The number of carbonyl (C=O) groups excluding carboxylic acids is 2. The van der Waals surface area contributed by atoms with Crippen LogP contribution in [0, 0.1) is 22.0 Å². The van der Waals surface area contributed by atoms with Crippen LogP contribution in [-0.4, -0.2) is 23.8 Å². The molecule has 2 amide bonds. The van der Waals surface area contributed by atoms with Crippen LogP contribution in [0.2, 0.25) is 0 Å². The van der Waals surface area contributed by atoms with Crippen LogP contribution in [0.1, 0.15) is 31.2 Å². The number of rotatable bonds is 6. The molecule has 1 saturated heterocycles. The lowest BCUT2D eigenvalue weighted by atomic mass is 9.81. The smallest absolute Gasteiger partial charge is 0.294 e. The number of nitrogens with one attached hydrogen (secondary N) is 1. The molecule has 2 aromatic carbocycles. The van der Waals surface area contributed by atoms with E-state index >= 15 is 0 Å². The molecule has 2 aromatic rings. The van der Waals surface area contributed by atoms with E-state index in [1.54, 1.807) is 19.2 Å². The molecule has 1 aliphatic carbocycles.